The highest BCUT2D eigenvalue weighted by molar-refractivity contribution is 7.17. The highest BCUT2D eigenvalue weighted by Gasteiger charge is 2.33. The van der Waals surface area contributed by atoms with Gasteiger partial charge < -0.3 is 9.84 Å². The molecule has 4 rings (SSSR count). The Bertz CT molecular complexity index is 1010. The van der Waals surface area contributed by atoms with Gasteiger partial charge in [-0.15, -0.1) is 11.3 Å². The van der Waals surface area contributed by atoms with Crippen LogP contribution in [0, 0.1) is 5.92 Å². The van der Waals surface area contributed by atoms with Gasteiger partial charge in [-0.1, -0.05) is 29.8 Å². The SMILES string of the molecule is CCOc1ccc(Cl)cc1C(c1csc2ccccc12)N1CCC(C(=O)O)CC1. The van der Waals surface area contributed by atoms with Crippen LogP contribution in [0.2, 0.25) is 5.02 Å². The quantitative estimate of drug-likeness (QED) is 0.534. The van der Waals surface area contributed by atoms with Gasteiger partial charge in [-0.3, -0.25) is 9.69 Å². The lowest BCUT2D eigenvalue weighted by atomic mass is 9.90. The molecular formula is C23H24ClNO3S. The molecule has 0 radical (unpaired) electrons. The van der Waals surface area contributed by atoms with E-state index in [4.69, 9.17) is 16.3 Å². The number of benzene rings is 2. The lowest BCUT2D eigenvalue weighted by Gasteiger charge is -2.37. The zero-order valence-corrected chi connectivity index (χ0v) is 17.9. The fourth-order valence-corrected chi connectivity index (χ4v) is 5.36. The molecule has 0 bridgehead atoms. The van der Waals surface area contributed by atoms with Crippen LogP contribution in [0.3, 0.4) is 0 Å². The Kier molecular flexibility index (Phi) is 6.09. The number of hydrogen-bond donors (Lipinski definition) is 1. The summed E-state index contributed by atoms with van der Waals surface area (Å²) in [6, 6.07) is 14.2. The Hall–Kier alpha value is -2.08. The van der Waals surface area contributed by atoms with E-state index in [1.807, 2.05) is 25.1 Å². The molecule has 0 spiro atoms. The number of ether oxygens (including phenoxy) is 1. The molecule has 0 saturated carbocycles. The summed E-state index contributed by atoms with van der Waals surface area (Å²) in [5, 5.41) is 13.5. The third-order valence-corrected chi connectivity index (χ3v) is 6.83. The molecule has 1 saturated heterocycles. The van der Waals surface area contributed by atoms with Crippen molar-refractivity contribution < 1.29 is 14.6 Å². The van der Waals surface area contributed by atoms with Gasteiger partial charge in [0.1, 0.15) is 5.75 Å². The number of halogens is 1. The number of nitrogens with zero attached hydrogens (tertiary/aromatic N) is 1. The molecule has 1 aliphatic rings. The van der Waals surface area contributed by atoms with Gasteiger partial charge in [-0.25, -0.2) is 0 Å². The van der Waals surface area contributed by atoms with Gasteiger partial charge in [-0.2, -0.15) is 0 Å². The zero-order chi connectivity index (χ0) is 20.4. The minimum Gasteiger partial charge on any atom is -0.494 e. The molecule has 1 aromatic heterocycles. The predicted octanol–water partition coefficient (Wildman–Crippen LogP) is 5.84. The first-order valence-corrected chi connectivity index (χ1v) is 11.2. The molecule has 2 heterocycles. The highest BCUT2D eigenvalue weighted by atomic mass is 35.5. The van der Waals surface area contributed by atoms with E-state index in [1.165, 1.54) is 15.6 Å². The second kappa shape index (κ2) is 8.74. The number of carboxylic acid groups (broad SMARTS) is 1. The summed E-state index contributed by atoms with van der Waals surface area (Å²) in [4.78, 5) is 13.8. The smallest absolute Gasteiger partial charge is 0.306 e. The van der Waals surface area contributed by atoms with Crippen molar-refractivity contribution in [2.24, 2.45) is 5.92 Å². The summed E-state index contributed by atoms with van der Waals surface area (Å²) < 4.78 is 7.20. The molecule has 1 fully saturated rings. The number of thiophene rings is 1. The minimum atomic E-state index is -0.694. The van der Waals surface area contributed by atoms with Crippen LogP contribution in [0.15, 0.2) is 47.8 Å². The van der Waals surface area contributed by atoms with E-state index in [2.05, 4.69) is 34.5 Å². The van der Waals surface area contributed by atoms with Gasteiger partial charge >= 0.3 is 5.97 Å². The normalized spacial score (nSPS) is 16.8. The Morgan fingerprint density at radius 1 is 1.24 bits per heavy atom. The van der Waals surface area contributed by atoms with Gasteiger partial charge in [0.2, 0.25) is 0 Å². The number of fused-ring (bicyclic) bond motifs is 1. The van der Waals surface area contributed by atoms with Crippen molar-refractivity contribution >= 4 is 39.0 Å². The lowest BCUT2D eigenvalue weighted by Crippen LogP contribution is -2.39. The second-order valence-electron chi connectivity index (χ2n) is 7.35. The molecule has 1 N–H and O–H groups in total. The zero-order valence-electron chi connectivity index (χ0n) is 16.3. The van der Waals surface area contributed by atoms with Crippen molar-refractivity contribution in [3.63, 3.8) is 0 Å². The summed E-state index contributed by atoms with van der Waals surface area (Å²) in [6.45, 7) is 4.01. The first kappa shape index (κ1) is 20.2. The monoisotopic (exact) mass is 429 g/mol. The standard InChI is InChI=1S/C23H24ClNO3S/c1-2-28-20-8-7-16(24)13-18(20)22(25-11-9-15(10-12-25)23(26)27)19-14-29-21-6-4-3-5-17(19)21/h3-8,13-15,22H,2,9-12H2,1H3,(H,26,27). The van der Waals surface area contributed by atoms with Gasteiger partial charge in [0, 0.05) is 15.3 Å². The molecule has 6 heteroatoms. The molecule has 2 aromatic carbocycles. The average molecular weight is 430 g/mol. The molecule has 152 valence electrons. The van der Waals surface area contributed by atoms with E-state index in [9.17, 15) is 9.90 Å². The van der Waals surface area contributed by atoms with Crippen LogP contribution in [0.5, 0.6) is 5.75 Å². The van der Waals surface area contributed by atoms with Crippen LogP contribution in [-0.2, 0) is 4.79 Å². The van der Waals surface area contributed by atoms with E-state index in [0.29, 0.717) is 24.5 Å². The van der Waals surface area contributed by atoms with E-state index < -0.39 is 5.97 Å². The van der Waals surface area contributed by atoms with Crippen molar-refractivity contribution in [2.45, 2.75) is 25.8 Å². The van der Waals surface area contributed by atoms with E-state index >= 15 is 0 Å². The average Bonchev–Trinajstić information content (AvgIpc) is 3.15. The van der Waals surface area contributed by atoms with Crippen molar-refractivity contribution in [2.75, 3.05) is 19.7 Å². The summed E-state index contributed by atoms with van der Waals surface area (Å²) in [5.74, 6) is -0.130. The number of carboxylic acids is 1. The minimum absolute atomic E-state index is 0.0267. The highest BCUT2D eigenvalue weighted by Crippen LogP contribution is 2.42. The molecule has 4 nitrogen and oxygen atoms in total. The fourth-order valence-electron chi connectivity index (χ4n) is 4.20. The van der Waals surface area contributed by atoms with Crippen LogP contribution in [0.4, 0.5) is 0 Å². The van der Waals surface area contributed by atoms with Crippen LogP contribution < -0.4 is 4.74 Å². The van der Waals surface area contributed by atoms with Crippen molar-refractivity contribution in [1.82, 2.24) is 4.90 Å². The Morgan fingerprint density at radius 3 is 2.72 bits per heavy atom. The van der Waals surface area contributed by atoms with Gasteiger partial charge in [0.05, 0.1) is 18.6 Å². The van der Waals surface area contributed by atoms with Gasteiger partial charge in [0.25, 0.3) is 0 Å². The molecular weight excluding hydrogens is 406 g/mol. The number of aliphatic carboxylic acids is 1. The maximum Gasteiger partial charge on any atom is 0.306 e. The van der Waals surface area contributed by atoms with E-state index in [1.54, 1.807) is 11.3 Å². The third kappa shape index (κ3) is 4.13. The van der Waals surface area contributed by atoms with Gasteiger partial charge in [0.15, 0.2) is 0 Å². The number of likely N-dealkylation sites (tertiary alicyclic amines) is 1. The van der Waals surface area contributed by atoms with E-state index in [-0.39, 0.29) is 12.0 Å². The topological polar surface area (TPSA) is 49.8 Å². The molecule has 0 aliphatic carbocycles. The lowest BCUT2D eigenvalue weighted by molar-refractivity contribution is -0.143. The van der Waals surface area contributed by atoms with Crippen LogP contribution in [0.25, 0.3) is 10.1 Å². The largest absolute Gasteiger partial charge is 0.494 e. The van der Waals surface area contributed by atoms with Crippen molar-refractivity contribution in [1.29, 1.82) is 0 Å². The fraction of sp³-hybridized carbons (Fsp3) is 0.348. The van der Waals surface area contributed by atoms with Gasteiger partial charge in [-0.05, 0) is 73.5 Å². The third-order valence-electron chi connectivity index (χ3n) is 5.62. The van der Waals surface area contributed by atoms with Crippen LogP contribution in [0.1, 0.15) is 36.9 Å². The number of rotatable bonds is 6. The maximum atomic E-state index is 11.4. The summed E-state index contributed by atoms with van der Waals surface area (Å²) in [7, 11) is 0. The molecule has 29 heavy (non-hydrogen) atoms. The Morgan fingerprint density at radius 2 is 2.00 bits per heavy atom. The predicted molar refractivity (Wildman–Crippen MR) is 118 cm³/mol. The summed E-state index contributed by atoms with van der Waals surface area (Å²) in [5.41, 5.74) is 2.26. The van der Waals surface area contributed by atoms with Crippen LogP contribution >= 0.6 is 22.9 Å². The molecule has 3 aromatic rings. The summed E-state index contributed by atoms with van der Waals surface area (Å²) >= 11 is 8.13. The molecule has 1 unspecified atom stereocenters. The number of hydrogen-bond acceptors (Lipinski definition) is 4. The Balaban J connectivity index is 1.81. The number of carbonyl (C=O) groups is 1. The Labute approximate surface area is 179 Å². The van der Waals surface area contributed by atoms with Crippen molar-refractivity contribution in [3.05, 3.63) is 64.0 Å². The molecule has 1 atom stereocenters. The first-order valence-electron chi connectivity index (χ1n) is 9.93. The second-order valence-corrected chi connectivity index (χ2v) is 8.70. The molecule has 0 amide bonds. The summed E-state index contributed by atoms with van der Waals surface area (Å²) in [6.07, 6.45) is 1.30. The van der Waals surface area contributed by atoms with E-state index in [0.717, 1.165) is 24.4 Å². The maximum absolute atomic E-state index is 11.4. The van der Waals surface area contributed by atoms with Crippen LogP contribution in [-0.4, -0.2) is 35.7 Å². The molecule has 1 aliphatic heterocycles. The first-order chi connectivity index (χ1) is 14.1. The number of piperidine rings is 1. The van der Waals surface area contributed by atoms with Crippen molar-refractivity contribution in [3.8, 4) is 5.75 Å².